The molecule has 0 aliphatic rings. The first-order valence-corrected chi connectivity index (χ1v) is 8.02. The second-order valence-corrected chi connectivity index (χ2v) is 6.44. The SMILES string of the molecule is CCCc1nccn1Cc1nc(-c2ccc(C)s2)oc1C. The zero-order valence-electron chi connectivity index (χ0n) is 12.6. The van der Waals surface area contributed by atoms with Crippen LogP contribution < -0.4 is 0 Å². The van der Waals surface area contributed by atoms with Crippen molar-refractivity contribution in [3.63, 3.8) is 0 Å². The fourth-order valence-corrected chi connectivity index (χ4v) is 3.12. The highest BCUT2D eigenvalue weighted by molar-refractivity contribution is 7.15. The third kappa shape index (κ3) is 2.93. The van der Waals surface area contributed by atoms with E-state index in [1.807, 2.05) is 19.3 Å². The molecule has 0 spiro atoms. The van der Waals surface area contributed by atoms with Crippen molar-refractivity contribution in [3.05, 3.63) is 46.7 Å². The second-order valence-electron chi connectivity index (χ2n) is 5.15. The van der Waals surface area contributed by atoms with Crippen LogP contribution in [-0.2, 0) is 13.0 Å². The quantitative estimate of drug-likeness (QED) is 0.709. The van der Waals surface area contributed by atoms with Gasteiger partial charge in [0.05, 0.1) is 11.4 Å². The van der Waals surface area contributed by atoms with Gasteiger partial charge in [0.1, 0.15) is 17.3 Å². The average Bonchev–Trinajstić information content (AvgIpc) is 3.14. The van der Waals surface area contributed by atoms with E-state index in [1.54, 1.807) is 11.3 Å². The summed E-state index contributed by atoms with van der Waals surface area (Å²) in [6.07, 6.45) is 5.94. The van der Waals surface area contributed by atoms with Gasteiger partial charge < -0.3 is 8.98 Å². The molecule has 0 N–H and O–H groups in total. The summed E-state index contributed by atoms with van der Waals surface area (Å²) in [5.41, 5.74) is 0.978. The molecule has 110 valence electrons. The molecule has 0 saturated carbocycles. The van der Waals surface area contributed by atoms with Crippen molar-refractivity contribution in [2.45, 2.75) is 40.2 Å². The summed E-state index contributed by atoms with van der Waals surface area (Å²) in [5.74, 6) is 2.71. The Bertz CT molecular complexity index is 738. The Labute approximate surface area is 128 Å². The van der Waals surface area contributed by atoms with Gasteiger partial charge in [-0.3, -0.25) is 0 Å². The number of thiophene rings is 1. The average molecular weight is 301 g/mol. The normalized spacial score (nSPS) is 11.2. The molecule has 0 saturated heterocycles. The van der Waals surface area contributed by atoms with Crippen molar-refractivity contribution < 1.29 is 4.42 Å². The van der Waals surface area contributed by atoms with Crippen molar-refractivity contribution >= 4 is 11.3 Å². The first kappa shape index (κ1) is 14.1. The summed E-state index contributed by atoms with van der Waals surface area (Å²) in [4.78, 5) is 11.4. The number of imidazole rings is 1. The van der Waals surface area contributed by atoms with E-state index in [-0.39, 0.29) is 0 Å². The minimum atomic E-state index is 0.717. The van der Waals surface area contributed by atoms with E-state index in [0.29, 0.717) is 0 Å². The van der Waals surface area contributed by atoms with Crippen LogP contribution in [0.25, 0.3) is 10.8 Å². The lowest BCUT2D eigenvalue weighted by Gasteiger charge is -2.04. The van der Waals surface area contributed by atoms with Crippen molar-refractivity contribution in [2.75, 3.05) is 0 Å². The van der Waals surface area contributed by atoms with Gasteiger partial charge in [-0.25, -0.2) is 9.97 Å². The van der Waals surface area contributed by atoms with Gasteiger partial charge in [-0.05, 0) is 32.4 Å². The van der Waals surface area contributed by atoms with Gasteiger partial charge in [0.25, 0.3) is 0 Å². The highest BCUT2D eigenvalue weighted by Crippen LogP contribution is 2.28. The number of hydrogen-bond acceptors (Lipinski definition) is 4. The van der Waals surface area contributed by atoms with E-state index in [9.17, 15) is 0 Å². The van der Waals surface area contributed by atoms with Crippen LogP contribution in [0.1, 0.15) is 35.5 Å². The number of rotatable bonds is 5. The van der Waals surface area contributed by atoms with E-state index in [0.717, 1.165) is 47.4 Å². The van der Waals surface area contributed by atoms with Crippen LogP contribution in [0.3, 0.4) is 0 Å². The summed E-state index contributed by atoms with van der Waals surface area (Å²) in [7, 11) is 0. The highest BCUT2D eigenvalue weighted by atomic mass is 32.1. The lowest BCUT2D eigenvalue weighted by atomic mass is 10.3. The number of nitrogens with zero attached hydrogens (tertiary/aromatic N) is 3. The summed E-state index contributed by atoms with van der Waals surface area (Å²) in [6, 6.07) is 4.16. The smallest absolute Gasteiger partial charge is 0.236 e. The molecule has 0 aromatic carbocycles. The summed E-state index contributed by atoms with van der Waals surface area (Å²) in [6.45, 7) is 6.95. The molecule has 0 unspecified atom stereocenters. The Morgan fingerprint density at radius 2 is 2.14 bits per heavy atom. The molecule has 3 heterocycles. The monoisotopic (exact) mass is 301 g/mol. The molecule has 3 aromatic rings. The van der Waals surface area contributed by atoms with Crippen LogP contribution in [-0.4, -0.2) is 14.5 Å². The Hall–Kier alpha value is -1.88. The first-order chi connectivity index (χ1) is 10.2. The Balaban J connectivity index is 1.86. The Morgan fingerprint density at radius 1 is 1.29 bits per heavy atom. The largest absolute Gasteiger partial charge is 0.440 e. The number of hydrogen-bond donors (Lipinski definition) is 0. The summed E-state index contributed by atoms with van der Waals surface area (Å²) < 4.78 is 7.98. The van der Waals surface area contributed by atoms with E-state index < -0.39 is 0 Å². The zero-order chi connectivity index (χ0) is 14.8. The highest BCUT2D eigenvalue weighted by Gasteiger charge is 2.14. The standard InChI is InChI=1S/C16H19N3OS/c1-4-5-15-17-8-9-19(15)10-13-12(3)20-16(18-13)14-7-6-11(2)21-14/h6-9H,4-5,10H2,1-3H3. The fourth-order valence-electron chi connectivity index (χ4n) is 2.33. The van der Waals surface area contributed by atoms with Gasteiger partial charge in [-0.1, -0.05) is 6.92 Å². The van der Waals surface area contributed by atoms with E-state index in [4.69, 9.17) is 4.42 Å². The third-order valence-corrected chi connectivity index (χ3v) is 4.43. The zero-order valence-corrected chi connectivity index (χ0v) is 13.4. The molecule has 3 rings (SSSR count). The van der Waals surface area contributed by atoms with Crippen LogP contribution >= 0.6 is 11.3 Å². The van der Waals surface area contributed by atoms with Crippen LogP contribution in [0.2, 0.25) is 0 Å². The maximum absolute atomic E-state index is 5.83. The molecule has 0 bridgehead atoms. The Morgan fingerprint density at radius 3 is 2.86 bits per heavy atom. The maximum Gasteiger partial charge on any atom is 0.236 e. The first-order valence-electron chi connectivity index (χ1n) is 7.20. The minimum absolute atomic E-state index is 0.717. The molecule has 5 heteroatoms. The maximum atomic E-state index is 5.83. The van der Waals surface area contributed by atoms with Gasteiger partial charge in [-0.15, -0.1) is 11.3 Å². The molecule has 4 nitrogen and oxygen atoms in total. The molecule has 21 heavy (non-hydrogen) atoms. The predicted molar refractivity (Wildman–Crippen MR) is 84.6 cm³/mol. The Kier molecular flexibility index (Phi) is 3.92. The molecule has 3 aromatic heterocycles. The van der Waals surface area contributed by atoms with Crippen LogP contribution in [0.4, 0.5) is 0 Å². The molecule has 0 atom stereocenters. The van der Waals surface area contributed by atoms with Gasteiger partial charge in [-0.2, -0.15) is 0 Å². The topological polar surface area (TPSA) is 43.9 Å². The molecule has 0 radical (unpaired) electrons. The van der Waals surface area contributed by atoms with Gasteiger partial charge in [0.15, 0.2) is 0 Å². The predicted octanol–water partition coefficient (Wildman–Crippen LogP) is 4.22. The lowest BCUT2D eigenvalue weighted by molar-refractivity contribution is 0.538. The molecule has 0 fully saturated rings. The summed E-state index contributed by atoms with van der Waals surface area (Å²) >= 11 is 1.71. The molecular formula is C16H19N3OS. The fraction of sp³-hybridized carbons (Fsp3) is 0.375. The molecule has 0 aliphatic carbocycles. The van der Waals surface area contributed by atoms with E-state index in [2.05, 4.69) is 40.5 Å². The lowest BCUT2D eigenvalue weighted by Crippen LogP contribution is -2.05. The van der Waals surface area contributed by atoms with Crippen molar-refractivity contribution in [2.24, 2.45) is 0 Å². The third-order valence-electron chi connectivity index (χ3n) is 3.44. The van der Waals surface area contributed by atoms with Crippen molar-refractivity contribution in [1.82, 2.24) is 14.5 Å². The van der Waals surface area contributed by atoms with Gasteiger partial charge in [0.2, 0.25) is 5.89 Å². The molecular weight excluding hydrogens is 282 g/mol. The molecule has 0 amide bonds. The van der Waals surface area contributed by atoms with Crippen LogP contribution in [0.15, 0.2) is 28.9 Å². The van der Waals surface area contributed by atoms with Gasteiger partial charge in [0, 0.05) is 23.7 Å². The van der Waals surface area contributed by atoms with Crippen LogP contribution in [0.5, 0.6) is 0 Å². The van der Waals surface area contributed by atoms with Crippen LogP contribution in [0, 0.1) is 13.8 Å². The number of oxazole rings is 1. The number of aryl methyl sites for hydroxylation is 3. The van der Waals surface area contributed by atoms with Crippen molar-refractivity contribution in [1.29, 1.82) is 0 Å². The van der Waals surface area contributed by atoms with Gasteiger partial charge >= 0.3 is 0 Å². The molecule has 0 aliphatic heterocycles. The van der Waals surface area contributed by atoms with E-state index in [1.165, 1.54) is 4.88 Å². The minimum Gasteiger partial charge on any atom is -0.440 e. The summed E-state index contributed by atoms with van der Waals surface area (Å²) in [5, 5.41) is 0. The number of aromatic nitrogens is 3. The van der Waals surface area contributed by atoms with Crippen molar-refractivity contribution in [3.8, 4) is 10.8 Å². The second kappa shape index (κ2) is 5.85. The van der Waals surface area contributed by atoms with E-state index >= 15 is 0 Å².